The first-order valence-corrected chi connectivity index (χ1v) is 10.1. The van der Waals surface area contributed by atoms with Crippen LogP contribution in [0.1, 0.15) is 60.8 Å². The Labute approximate surface area is 128 Å². The quantitative estimate of drug-likeness (QED) is 0.552. The van der Waals surface area contributed by atoms with Gasteiger partial charge in [0.05, 0.1) is 10.2 Å². The molecular weight excluding hydrogens is 288 g/mol. The molecule has 20 heavy (non-hydrogen) atoms. The maximum atomic E-state index is 11.6. The zero-order valence-electron chi connectivity index (χ0n) is 14.1. The van der Waals surface area contributed by atoms with Crippen molar-refractivity contribution in [3.8, 4) is 0 Å². The summed E-state index contributed by atoms with van der Waals surface area (Å²) < 4.78 is 32.9. The lowest BCUT2D eigenvalue weighted by atomic mass is 9.81. The van der Waals surface area contributed by atoms with Crippen LogP contribution in [0.3, 0.4) is 0 Å². The Balaban J connectivity index is 5.64. The molecule has 0 aromatic rings. The summed E-state index contributed by atoms with van der Waals surface area (Å²) in [5, 5.41) is 0. The van der Waals surface area contributed by atoms with E-state index in [0.717, 1.165) is 24.8 Å². The van der Waals surface area contributed by atoms with Gasteiger partial charge in [-0.1, -0.05) is 47.1 Å². The van der Waals surface area contributed by atoms with E-state index in [1.54, 1.807) is 0 Å². The van der Waals surface area contributed by atoms with Crippen molar-refractivity contribution in [1.82, 2.24) is 0 Å². The Bertz CT molecular complexity index is 412. The molecule has 0 bridgehead atoms. The molecule has 1 N–H and O–H groups in total. The molecule has 0 heterocycles. The Morgan fingerprint density at radius 1 is 0.950 bits per heavy atom. The average molecular weight is 321 g/mol. The molecule has 0 rings (SSSR count). The van der Waals surface area contributed by atoms with Gasteiger partial charge in [0, 0.05) is 4.53 Å². The predicted molar refractivity (Wildman–Crippen MR) is 90.4 cm³/mol. The maximum absolute atomic E-state index is 11.6. The minimum absolute atomic E-state index is 0.270. The van der Waals surface area contributed by atoms with Crippen molar-refractivity contribution in [2.45, 2.75) is 60.8 Å². The van der Waals surface area contributed by atoms with Gasteiger partial charge in [-0.05, 0) is 42.9 Å². The van der Waals surface area contributed by atoms with Crippen molar-refractivity contribution < 1.29 is 13.0 Å². The minimum Gasteiger partial charge on any atom is -0.282 e. The van der Waals surface area contributed by atoms with Crippen LogP contribution in [0.25, 0.3) is 0 Å². The van der Waals surface area contributed by atoms with E-state index in [9.17, 15) is 13.0 Å². The molecule has 0 aromatic carbocycles. The third-order valence-electron chi connectivity index (χ3n) is 3.47. The Hall–Kier alpha value is -0.133. The molecule has 0 aliphatic carbocycles. The highest BCUT2D eigenvalue weighted by Crippen LogP contribution is 2.33. The van der Waals surface area contributed by atoms with Crippen molar-refractivity contribution in [2.24, 2.45) is 23.7 Å². The first kappa shape index (κ1) is 19.9. The standard InChI is InChI=1S/C15H32O3SSi/c1-10(2)7-13(8-11(3)4)14(9-12(5)6)15(20)19(16,17)18/h10-13H,7-9H2,1-6,20H3,(H,16,17,18)/b15-14-. The van der Waals surface area contributed by atoms with Gasteiger partial charge in [-0.25, -0.2) is 0 Å². The van der Waals surface area contributed by atoms with Crippen molar-refractivity contribution in [1.29, 1.82) is 0 Å². The van der Waals surface area contributed by atoms with Crippen molar-refractivity contribution in [3.63, 3.8) is 0 Å². The van der Waals surface area contributed by atoms with Crippen LogP contribution in [-0.2, 0) is 10.1 Å². The fraction of sp³-hybridized carbons (Fsp3) is 0.867. The highest BCUT2D eigenvalue weighted by atomic mass is 32.2. The van der Waals surface area contributed by atoms with Crippen LogP contribution in [0.4, 0.5) is 0 Å². The van der Waals surface area contributed by atoms with Crippen molar-refractivity contribution >= 4 is 20.4 Å². The van der Waals surface area contributed by atoms with E-state index in [-0.39, 0.29) is 5.92 Å². The SMILES string of the molecule is CC(C)C/C(=C(/[SiH3])S(=O)(=O)O)C(CC(C)C)CC(C)C. The fourth-order valence-electron chi connectivity index (χ4n) is 2.72. The zero-order chi connectivity index (χ0) is 16.1. The highest BCUT2D eigenvalue weighted by molar-refractivity contribution is 7.91. The van der Waals surface area contributed by atoms with Gasteiger partial charge in [0.1, 0.15) is 0 Å². The monoisotopic (exact) mass is 320 g/mol. The molecule has 3 nitrogen and oxygen atoms in total. The van der Waals surface area contributed by atoms with Gasteiger partial charge in [-0.3, -0.25) is 4.55 Å². The molecule has 0 spiro atoms. The van der Waals surface area contributed by atoms with Gasteiger partial charge in [0.25, 0.3) is 10.1 Å². The van der Waals surface area contributed by atoms with Crippen LogP contribution in [0.5, 0.6) is 0 Å². The normalized spacial score (nSPS) is 14.8. The molecule has 0 aliphatic rings. The summed E-state index contributed by atoms with van der Waals surface area (Å²) in [6.07, 6.45) is 2.74. The van der Waals surface area contributed by atoms with Crippen LogP contribution in [0.2, 0.25) is 0 Å². The smallest absolute Gasteiger partial charge is 0.282 e. The predicted octanol–water partition coefficient (Wildman–Crippen LogP) is 3.21. The molecule has 0 aliphatic heterocycles. The number of hydrogen-bond donors (Lipinski definition) is 1. The molecule has 120 valence electrons. The fourth-order valence-corrected chi connectivity index (χ4v) is 3.92. The van der Waals surface area contributed by atoms with Crippen LogP contribution in [0, 0.1) is 23.7 Å². The molecule has 0 saturated heterocycles. The van der Waals surface area contributed by atoms with Gasteiger partial charge >= 0.3 is 0 Å². The van der Waals surface area contributed by atoms with E-state index in [1.807, 2.05) is 0 Å². The third kappa shape index (κ3) is 7.60. The second-order valence-electron chi connectivity index (χ2n) is 7.11. The summed E-state index contributed by atoms with van der Waals surface area (Å²) in [6.45, 7) is 12.9. The van der Waals surface area contributed by atoms with Gasteiger partial charge < -0.3 is 0 Å². The topological polar surface area (TPSA) is 54.4 Å². The lowest BCUT2D eigenvalue weighted by Gasteiger charge is -2.27. The van der Waals surface area contributed by atoms with Crippen molar-refractivity contribution in [2.75, 3.05) is 0 Å². The second-order valence-corrected chi connectivity index (χ2v) is 10.4. The molecule has 0 unspecified atom stereocenters. The summed E-state index contributed by atoms with van der Waals surface area (Å²) >= 11 is 0. The lowest BCUT2D eigenvalue weighted by Crippen LogP contribution is -2.18. The van der Waals surface area contributed by atoms with E-state index in [2.05, 4.69) is 41.5 Å². The zero-order valence-corrected chi connectivity index (χ0v) is 16.9. The summed E-state index contributed by atoms with van der Waals surface area (Å²) in [5.74, 6) is 1.72. The molecule has 0 amide bonds. The second kappa shape index (κ2) is 8.34. The van der Waals surface area contributed by atoms with Gasteiger partial charge in [0.2, 0.25) is 0 Å². The average Bonchev–Trinajstić information content (AvgIpc) is 2.21. The molecule has 5 heteroatoms. The van der Waals surface area contributed by atoms with Gasteiger partial charge in [0.15, 0.2) is 0 Å². The number of allylic oxidation sites excluding steroid dienone is 1. The number of rotatable bonds is 8. The van der Waals surface area contributed by atoms with Gasteiger partial charge in [-0.15, -0.1) is 0 Å². The van der Waals surface area contributed by atoms with E-state index in [4.69, 9.17) is 0 Å². The van der Waals surface area contributed by atoms with Crippen LogP contribution < -0.4 is 0 Å². The van der Waals surface area contributed by atoms with Crippen LogP contribution in [-0.4, -0.2) is 23.2 Å². The lowest BCUT2D eigenvalue weighted by molar-refractivity contribution is 0.369. The van der Waals surface area contributed by atoms with Crippen molar-refractivity contribution in [3.05, 3.63) is 10.1 Å². The first-order chi connectivity index (χ1) is 8.95. The first-order valence-electron chi connectivity index (χ1n) is 7.62. The largest absolute Gasteiger partial charge is 0.285 e. The van der Waals surface area contributed by atoms with Crippen LogP contribution in [0.15, 0.2) is 10.1 Å². The summed E-state index contributed by atoms with van der Waals surface area (Å²) in [5.41, 5.74) is 0.983. The number of hydrogen-bond acceptors (Lipinski definition) is 2. The maximum Gasteiger partial charge on any atom is 0.285 e. The van der Waals surface area contributed by atoms with E-state index in [1.165, 1.54) is 0 Å². The van der Waals surface area contributed by atoms with E-state index < -0.39 is 10.1 Å². The molecular formula is C15H32O3SSi. The molecule has 0 atom stereocenters. The molecule has 0 saturated carbocycles. The molecule has 0 fully saturated rings. The van der Waals surface area contributed by atoms with Crippen LogP contribution >= 0.6 is 0 Å². The molecule has 0 aromatic heterocycles. The van der Waals surface area contributed by atoms with E-state index >= 15 is 0 Å². The summed E-state index contributed by atoms with van der Waals surface area (Å²) in [7, 11) is -3.65. The van der Waals surface area contributed by atoms with E-state index in [0.29, 0.717) is 32.5 Å². The Kier molecular flexibility index (Phi) is 8.29. The summed E-state index contributed by atoms with van der Waals surface area (Å²) in [6, 6.07) is 0. The Morgan fingerprint density at radius 3 is 1.60 bits per heavy atom. The van der Waals surface area contributed by atoms with Gasteiger partial charge in [-0.2, -0.15) is 8.42 Å². The summed E-state index contributed by atoms with van der Waals surface area (Å²) in [4.78, 5) is 0. The Morgan fingerprint density at radius 2 is 1.35 bits per heavy atom. The third-order valence-corrected chi connectivity index (χ3v) is 6.70. The minimum atomic E-state index is -4.02. The highest BCUT2D eigenvalue weighted by Gasteiger charge is 2.24. The molecule has 0 radical (unpaired) electrons.